The molecule has 2 rings (SSSR count). The number of carbonyl (C=O) groups is 2. The second kappa shape index (κ2) is 7.40. The van der Waals surface area contributed by atoms with Gasteiger partial charge in [-0.15, -0.1) is 0 Å². The molecular weight excluding hydrogens is 278 g/mol. The number of nitrogens with one attached hydrogen (secondary N) is 1. The number of benzene rings is 1. The Labute approximate surface area is 132 Å². The maximum atomic E-state index is 12.4. The van der Waals surface area contributed by atoms with Gasteiger partial charge >= 0.3 is 0 Å². The van der Waals surface area contributed by atoms with Crippen molar-refractivity contribution in [1.29, 1.82) is 0 Å². The Hall–Kier alpha value is -1.88. The number of hydrogen-bond acceptors (Lipinski definition) is 3. The molecule has 120 valence electrons. The number of likely N-dealkylation sites (N-methyl/N-ethyl adjacent to an activating group) is 1. The molecule has 1 saturated heterocycles. The fourth-order valence-electron chi connectivity index (χ4n) is 2.37. The van der Waals surface area contributed by atoms with Crippen molar-refractivity contribution in [2.24, 2.45) is 0 Å². The van der Waals surface area contributed by atoms with Crippen LogP contribution in [0.4, 0.5) is 0 Å². The van der Waals surface area contributed by atoms with Gasteiger partial charge in [-0.2, -0.15) is 0 Å². The molecule has 5 heteroatoms. The summed E-state index contributed by atoms with van der Waals surface area (Å²) in [5.41, 5.74) is 1.24. The quantitative estimate of drug-likeness (QED) is 0.919. The van der Waals surface area contributed by atoms with Crippen molar-refractivity contribution in [3.05, 3.63) is 35.4 Å². The van der Waals surface area contributed by atoms with Crippen LogP contribution in [-0.4, -0.2) is 60.9 Å². The van der Waals surface area contributed by atoms with Crippen LogP contribution in [0.15, 0.2) is 24.3 Å². The van der Waals surface area contributed by atoms with E-state index in [1.165, 1.54) is 0 Å². The van der Waals surface area contributed by atoms with Gasteiger partial charge < -0.3 is 15.1 Å². The molecule has 1 N–H and O–H groups in total. The third-order valence-electron chi connectivity index (χ3n) is 4.17. The molecule has 1 aliphatic heterocycles. The fourth-order valence-corrected chi connectivity index (χ4v) is 2.37. The molecule has 1 fully saturated rings. The summed E-state index contributed by atoms with van der Waals surface area (Å²) in [4.78, 5) is 28.5. The first-order valence-electron chi connectivity index (χ1n) is 7.90. The summed E-state index contributed by atoms with van der Waals surface area (Å²) in [5, 5.41) is 2.92. The Morgan fingerprint density at radius 1 is 1.09 bits per heavy atom. The maximum absolute atomic E-state index is 12.4. The molecule has 1 aliphatic rings. The van der Waals surface area contributed by atoms with Crippen LogP contribution in [0.1, 0.15) is 41.0 Å². The molecule has 0 radical (unpaired) electrons. The molecular formula is C17H25N3O2. The van der Waals surface area contributed by atoms with Gasteiger partial charge in [0.15, 0.2) is 0 Å². The van der Waals surface area contributed by atoms with Gasteiger partial charge in [0.05, 0.1) is 0 Å². The van der Waals surface area contributed by atoms with Crippen LogP contribution in [0.3, 0.4) is 0 Å². The zero-order valence-electron chi connectivity index (χ0n) is 13.6. The summed E-state index contributed by atoms with van der Waals surface area (Å²) in [6.45, 7) is 7.32. The SMILES string of the molecule is CCC(C)NC(=O)c1ccc(C(=O)N2CCN(C)CC2)cc1. The van der Waals surface area contributed by atoms with Crippen molar-refractivity contribution < 1.29 is 9.59 Å². The molecule has 1 aromatic rings. The summed E-state index contributed by atoms with van der Waals surface area (Å²) in [5.74, 6) is -0.0464. The van der Waals surface area contributed by atoms with E-state index in [0.717, 1.165) is 32.6 Å². The molecule has 1 unspecified atom stereocenters. The van der Waals surface area contributed by atoms with Crippen LogP contribution in [0.5, 0.6) is 0 Å². The van der Waals surface area contributed by atoms with Crippen LogP contribution >= 0.6 is 0 Å². The number of carbonyl (C=O) groups excluding carboxylic acids is 2. The second-order valence-corrected chi connectivity index (χ2v) is 5.96. The third kappa shape index (κ3) is 4.07. The highest BCUT2D eigenvalue weighted by Crippen LogP contribution is 2.10. The lowest BCUT2D eigenvalue weighted by molar-refractivity contribution is 0.0663. The lowest BCUT2D eigenvalue weighted by Crippen LogP contribution is -2.47. The van der Waals surface area contributed by atoms with Gasteiger partial charge in [0.1, 0.15) is 0 Å². The molecule has 1 aromatic carbocycles. The van der Waals surface area contributed by atoms with Crippen molar-refractivity contribution in [3.8, 4) is 0 Å². The molecule has 0 spiro atoms. The first-order chi connectivity index (χ1) is 10.5. The summed E-state index contributed by atoms with van der Waals surface area (Å²) in [6.07, 6.45) is 0.895. The van der Waals surface area contributed by atoms with Crippen molar-refractivity contribution in [1.82, 2.24) is 15.1 Å². The molecule has 0 bridgehead atoms. The smallest absolute Gasteiger partial charge is 0.253 e. The van der Waals surface area contributed by atoms with E-state index >= 15 is 0 Å². The average Bonchev–Trinajstić information content (AvgIpc) is 2.55. The first-order valence-corrected chi connectivity index (χ1v) is 7.90. The van der Waals surface area contributed by atoms with Crippen LogP contribution in [0, 0.1) is 0 Å². The number of piperazine rings is 1. The van der Waals surface area contributed by atoms with E-state index in [9.17, 15) is 9.59 Å². The third-order valence-corrected chi connectivity index (χ3v) is 4.17. The molecule has 5 nitrogen and oxygen atoms in total. The highest BCUT2D eigenvalue weighted by molar-refractivity contribution is 5.97. The lowest BCUT2D eigenvalue weighted by atomic mass is 10.1. The van der Waals surface area contributed by atoms with E-state index in [4.69, 9.17) is 0 Å². The minimum atomic E-state index is -0.0899. The Kier molecular flexibility index (Phi) is 5.55. The maximum Gasteiger partial charge on any atom is 0.253 e. The standard InChI is InChI=1S/C17H25N3O2/c1-4-13(2)18-16(21)14-5-7-15(8-6-14)17(22)20-11-9-19(3)10-12-20/h5-8,13H,4,9-12H2,1-3H3,(H,18,21). The summed E-state index contributed by atoms with van der Waals surface area (Å²) in [7, 11) is 2.06. The van der Waals surface area contributed by atoms with Gasteiger partial charge in [-0.05, 0) is 44.7 Å². The van der Waals surface area contributed by atoms with Gasteiger partial charge in [0, 0.05) is 43.3 Å². The summed E-state index contributed by atoms with van der Waals surface area (Å²) < 4.78 is 0. The summed E-state index contributed by atoms with van der Waals surface area (Å²) >= 11 is 0. The predicted molar refractivity (Wildman–Crippen MR) is 87.1 cm³/mol. The average molecular weight is 303 g/mol. The molecule has 0 aromatic heterocycles. The Morgan fingerprint density at radius 3 is 2.18 bits per heavy atom. The Bertz CT molecular complexity index is 519. The summed E-state index contributed by atoms with van der Waals surface area (Å²) in [6, 6.07) is 7.08. The van der Waals surface area contributed by atoms with E-state index in [0.29, 0.717) is 11.1 Å². The van der Waals surface area contributed by atoms with Gasteiger partial charge in [-0.1, -0.05) is 6.92 Å². The highest BCUT2D eigenvalue weighted by atomic mass is 16.2. The molecule has 2 amide bonds. The van der Waals surface area contributed by atoms with Gasteiger partial charge in [-0.25, -0.2) is 0 Å². The number of hydrogen-bond donors (Lipinski definition) is 1. The highest BCUT2D eigenvalue weighted by Gasteiger charge is 2.20. The van der Waals surface area contributed by atoms with Gasteiger partial charge in [0.25, 0.3) is 11.8 Å². The van der Waals surface area contributed by atoms with E-state index < -0.39 is 0 Å². The van der Waals surface area contributed by atoms with Crippen molar-refractivity contribution in [3.63, 3.8) is 0 Å². The minimum absolute atomic E-state index is 0.0435. The molecule has 1 heterocycles. The fraction of sp³-hybridized carbons (Fsp3) is 0.529. The van der Waals surface area contributed by atoms with Crippen molar-refractivity contribution in [2.75, 3.05) is 33.2 Å². The van der Waals surface area contributed by atoms with E-state index in [1.807, 2.05) is 18.7 Å². The lowest BCUT2D eigenvalue weighted by Gasteiger charge is -2.32. The Balaban J connectivity index is 1.99. The monoisotopic (exact) mass is 303 g/mol. The molecule has 1 atom stereocenters. The van der Waals surface area contributed by atoms with Crippen LogP contribution in [0.25, 0.3) is 0 Å². The zero-order chi connectivity index (χ0) is 16.1. The van der Waals surface area contributed by atoms with E-state index in [2.05, 4.69) is 17.3 Å². The van der Waals surface area contributed by atoms with Gasteiger partial charge in [0.2, 0.25) is 0 Å². The van der Waals surface area contributed by atoms with Crippen LogP contribution < -0.4 is 5.32 Å². The van der Waals surface area contributed by atoms with E-state index in [-0.39, 0.29) is 17.9 Å². The number of amides is 2. The normalized spacial score (nSPS) is 17.1. The number of nitrogens with zero attached hydrogens (tertiary/aromatic N) is 2. The molecule has 0 aliphatic carbocycles. The van der Waals surface area contributed by atoms with Crippen molar-refractivity contribution in [2.45, 2.75) is 26.3 Å². The molecule has 22 heavy (non-hydrogen) atoms. The first kappa shape index (κ1) is 16.5. The minimum Gasteiger partial charge on any atom is -0.350 e. The van der Waals surface area contributed by atoms with Crippen LogP contribution in [0.2, 0.25) is 0 Å². The predicted octanol–water partition coefficient (Wildman–Crippen LogP) is 1.60. The van der Waals surface area contributed by atoms with E-state index in [1.54, 1.807) is 24.3 Å². The largest absolute Gasteiger partial charge is 0.350 e. The Morgan fingerprint density at radius 2 is 1.64 bits per heavy atom. The van der Waals surface area contributed by atoms with Crippen LogP contribution in [-0.2, 0) is 0 Å². The second-order valence-electron chi connectivity index (χ2n) is 5.96. The van der Waals surface area contributed by atoms with Crippen molar-refractivity contribution >= 4 is 11.8 Å². The van der Waals surface area contributed by atoms with Gasteiger partial charge in [-0.3, -0.25) is 9.59 Å². The molecule has 0 saturated carbocycles. The number of rotatable bonds is 4. The topological polar surface area (TPSA) is 52.7 Å². The zero-order valence-corrected chi connectivity index (χ0v) is 13.6.